The monoisotopic (exact) mass is 287 g/mol. The molecule has 3 N–H and O–H groups in total. The van der Waals surface area contributed by atoms with Crippen molar-refractivity contribution in [3.05, 3.63) is 41.7 Å². The predicted molar refractivity (Wildman–Crippen MR) is 66.9 cm³/mol. The zero-order chi connectivity index (χ0) is 13.9. The molecule has 0 unspecified atom stereocenters. The molecule has 2 rings (SSSR count). The van der Waals surface area contributed by atoms with E-state index in [0.29, 0.717) is 10.1 Å². The van der Waals surface area contributed by atoms with Gasteiger partial charge in [0.05, 0.1) is 5.56 Å². The van der Waals surface area contributed by atoms with E-state index in [1.807, 2.05) is 0 Å². The van der Waals surface area contributed by atoms with Crippen molar-refractivity contribution in [3.63, 3.8) is 0 Å². The second-order valence-corrected chi connectivity index (χ2v) is 4.91. The van der Waals surface area contributed by atoms with Gasteiger partial charge >= 0.3 is 6.18 Å². The summed E-state index contributed by atoms with van der Waals surface area (Å²) >= 11 is 1.15. The third kappa shape index (κ3) is 3.51. The number of aromatic nitrogens is 2. The first kappa shape index (κ1) is 14.0. The van der Waals surface area contributed by atoms with E-state index in [-0.39, 0.29) is 18.5 Å². The first-order valence-electron chi connectivity index (χ1n) is 5.58. The molecule has 19 heavy (non-hydrogen) atoms. The van der Waals surface area contributed by atoms with E-state index in [2.05, 4.69) is 9.97 Å². The van der Waals surface area contributed by atoms with E-state index < -0.39 is 11.7 Å². The molecule has 0 atom stereocenters. The van der Waals surface area contributed by atoms with Crippen LogP contribution in [0.15, 0.2) is 40.6 Å². The molecule has 0 amide bonds. The summed E-state index contributed by atoms with van der Waals surface area (Å²) in [5.74, 6) is 0. The molecule has 0 bridgehead atoms. The molecule has 0 radical (unpaired) electrons. The molecule has 1 aromatic carbocycles. The van der Waals surface area contributed by atoms with E-state index in [1.165, 1.54) is 6.07 Å². The Morgan fingerprint density at radius 1 is 1.32 bits per heavy atom. The van der Waals surface area contributed by atoms with Gasteiger partial charge in [0.1, 0.15) is 0 Å². The molecule has 0 aliphatic heterocycles. The van der Waals surface area contributed by atoms with Crippen molar-refractivity contribution in [2.24, 2.45) is 5.73 Å². The molecule has 7 heteroatoms. The molecule has 0 aliphatic rings. The number of nitrogens with zero attached hydrogens (tertiary/aromatic N) is 1. The van der Waals surface area contributed by atoms with Crippen LogP contribution < -0.4 is 5.73 Å². The Hall–Kier alpha value is -1.47. The highest BCUT2D eigenvalue weighted by molar-refractivity contribution is 7.99. The normalized spacial score (nSPS) is 11.8. The number of halogens is 3. The van der Waals surface area contributed by atoms with E-state index in [4.69, 9.17) is 5.73 Å². The minimum Gasteiger partial charge on any atom is -0.339 e. The number of rotatable bonds is 4. The maximum absolute atomic E-state index is 13.0. The molecule has 102 valence electrons. The number of benzene rings is 1. The summed E-state index contributed by atoms with van der Waals surface area (Å²) in [7, 11) is 0. The highest BCUT2D eigenvalue weighted by Gasteiger charge is 2.33. The van der Waals surface area contributed by atoms with E-state index >= 15 is 0 Å². The van der Waals surface area contributed by atoms with Gasteiger partial charge in [-0.25, -0.2) is 4.98 Å². The number of nitrogens with two attached hydrogens (primary N) is 1. The lowest BCUT2D eigenvalue weighted by Gasteiger charge is -2.13. The molecule has 3 nitrogen and oxygen atoms in total. The summed E-state index contributed by atoms with van der Waals surface area (Å²) < 4.78 is 38.9. The number of alkyl halides is 3. The number of hydrogen-bond donors (Lipinski definition) is 2. The molecule has 0 aliphatic carbocycles. The van der Waals surface area contributed by atoms with E-state index in [0.717, 1.165) is 17.8 Å². The van der Waals surface area contributed by atoms with Gasteiger partial charge in [-0.05, 0) is 30.7 Å². The van der Waals surface area contributed by atoms with Crippen LogP contribution in [0, 0.1) is 0 Å². The average Bonchev–Trinajstić information content (AvgIpc) is 2.83. The first-order chi connectivity index (χ1) is 9.00. The van der Waals surface area contributed by atoms with Crippen LogP contribution in [-0.2, 0) is 12.6 Å². The molecule has 0 saturated carbocycles. The van der Waals surface area contributed by atoms with Crippen LogP contribution in [0.5, 0.6) is 0 Å². The minimum absolute atomic E-state index is 0.188. The van der Waals surface area contributed by atoms with Crippen molar-refractivity contribution < 1.29 is 13.2 Å². The predicted octanol–water partition coefficient (Wildman–Crippen LogP) is 3.08. The average molecular weight is 287 g/mol. The molecule has 1 heterocycles. The standard InChI is InChI=1S/C12H12F3N3S/c13-12(14,15)10-7-9(2-1-8(10)3-4-16)19-11-17-5-6-18-11/h1-2,5-7H,3-4,16H2,(H,17,18). The van der Waals surface area contributed by atoms with Gasteiger partial charge in [0, 0.05) is 17.3 Å². The van der Waals surface area contributed by atoms with Gasteiger partial charge in [0.25, 0.3) is 0 Å². The van der Waals surface area contributed by atoms with E-state index in [9.17, 15) is 13.2 Å². The lowest BCUT2D eigenvalue weighted by molar-refractivity contribution is -0.138. The smallest absolute Gasteiger partial charge is 0.339 e. The van der Waals surface area contributed by atoms with Gasteiger partial charge in [-0.3, -0.25) is 0 Å². The van der Waals surface area contributed by atoms with Crippen molar-refractivity contribution in [2.75, 3.05) is 6.54 Å². The van der Waals surface area contributed by atoms with Crippen LogP contribution in [0.3, 0.4) is 0 Å². The maximum atomic E-state index is 13.0. The highest BCUT2D eigenvalue weighted by atomic mass is 32.2. The quantitative estimate of drug-likeness (QED) is 0.908. The van der Waals surface area contributed by atoms with E-state index in [1.54, 1.807) is 18.5 Å². The Balaban J connectivity index is 2.32. The summed E-state index contributed by atoms with van der Waals surface area (Å²) in [5, 5.41) is 0.555. The van der Waals surface area contributed by atoms with Crippen LogP contribution >= 0.6 is 11.8 Å². The molecule has 2 aromatic rings. The molecule has 1 aromatic heterocycles. The Kier molecular flexibility index (Phi) is 4.16. The summed E-state index contributed by atoms with van der Waals surface area (Å²) in [6.07, 6.45) is -0.990. The van der Waals surface area contributed by atoms with Gasteiger partial charge in [0.2, 0.25) is 0 Å². The largest absolute Gasteiger partial charge is 0.416 e. The maximum Gasteiger partial charge on any atom is 0.416 e. The van der Waals surface area contributed by atoms with Gasteiger partial charge in [-0.1, -0.05) is 17.8 Å². The first-order valence-corrected chi connectivity index (χ1v) is 6.40. The van der Waals surface area contributed by atoms with Gasteiger partial charge in [-0.15, -0.1) is 0 Å². The van der Waals surface area contributed by atoms with Crippen LogP contribution in [0.2, 0.25) is 0 Å². The third-order valence-electron chi connectivity index (χ3n) is 2.49. The summed E-state index contributed by atoms with van der Waals surface area (Å²) in [4.78, 5) is 7.29. The van der Waals surface area contributed by atoms with Gasteiger partial charge in [0.15, 0.2) is 5.16 Å². The van der Waals surface area contributed by atoms with Gasteiger partial charge in [-0.2, -0.15) is 13.2 Å². The SMILES string of the molecule is NCCc1ccc(Sc2ncc[nH]2)cc1C(F)(F)F. The molecular formula is C12H12F3N3S. The Morgan fingerprint density at radius 2 is 2.11 bits per heavy atom. The van der Waals surface area contributed by atoms with Crippen LogP contribution in [-0.4, -0.2) is 16.5 Å². The van der Waals surface area contributed by atoms with Crippen molar-refractivity contribution in [1.82, 2.24) is 9.97 Å². The van der Waals surface area contributed by atoms with Crippen molar-refractivity contribution in [1.29, 1.82) is 0 Å². The topological polar surface area (TPSA) is 54.7 Å². The molecule has 0 fully saturated rings. The zero-order valence-electron chi connectivity index (χ0n) is 9.87. The summed E-state index contributed by atoms with van der Waals surface area (Å²) in [5.41, 5.74) is 4.92. The number of H-pyrrole nitrogens is 1. The fraction of sp³-hybridized carbons (Fsp3) is 0.250. The van der Waals surface area contributed by atoms with Crippen LogP contribution in [0.1, 0.15) is 11.1 Å². The van der Waals surface area contributed by atoms with Gasteiger partial charge < -0.3 is 10.7 Å². The fourth-order valence-corrected chi connectivity index (χ4v) is 2.45. The molecule has 0 spiro atoms. The second kappa shape index (κ2) is 5.66. The number of nitrogens with one attached hydrogen (secondary N) is 1. The minimum atomic E-state index is -4.37. The molecular weight excluding hydrogens is 275 g/mol. The second-order valence-electron chi connectivity index (χ2n) is 3.85. The summed E-state index contributed by atoms with van der Waals surface area (Å²) in [6, 6.07) is 4.26. The summed E-state index contributed by atoms with van der Waals surface area (Å²) in [6.45, 7) is 0.188. The molecule has 0 saturated heterocycles. The van der Waals surface area contributed by atoms with Crippen molar-refractivity contribution >= 4 is 11.8 Å². The zero-order valence-corrected chi connectivity index (χ0v) is 10.7. The number of hydrogen-bond acceptors (Lipinski definition) is 3. The lowest BCUT2D eigenvalue weighted by Crippen LogP contribution is -2.12. The Labute approximate surface area is 112 Å². The lowest BCUT2D eigenvalue weighted by atomic mass is 10.0. The van der Waals surface area contributed by atoms with Crippen LogP contribution in [0.4, 0.5) is 13.2 Å². The Bertz CT molecular complexity index is 538. The Morgan fingerprint density at radius 3 is 2.68 bits per heavy atom. The van der Waals surface area contributed by atoms with Crippen LogP contribution in [0.25, 0.3) is 0 Å². The van der Waals surface area contributed by atoms with Crippen molar-refractivity contribution in [3.8, 4) is 0 Å². The number of imidazole rings is 1. The fourth-order valence-electron chi connectivity index (χ4n) is 1.67. The van der Waals surface area contributed by atoms with Crippen molar-refractivity contribution in [2.45, 2.75) is 22.6 Å². The number of aromatic amines is 1. The highest BCUT2D eigenvalue weighted by Crippen LogP contribution is 2.36. The third-order valence-corrected chi connectivity index (χ3v) is 3.39.